The summed E-state index contributed by atoms with van der Waals surface area (Å²) in [6.07, 6.45) is 3.95. The SMILES string of the molecule is CCCCC1C(=O)N(C)CCN1C(=O)c1nc2ccc(C)cn2c1F. The lowest BCUT2D eigenvalue weighted by Gasteiger charge is -2.38. The Morgan fingerprint density at radius 2 is 2.12 bits per heavy atom. The lowest BCUT2D eigenvalue weighted by Crippen LogP contribution is -2.57. The summed E-state index contributed by atoms with van der Waals surface area (Å²) in [6, 6.07) is 2.95. The summed E-state index contributed by atoms with van der Waals surface area (Å²) in [4.78, 5) is 32.7. The fourth-order valence-corrected chi connectivity index (χ4v) is 3.23. The van der Waals surface area contributed by atoms with Crippen LogP contribution in [0.25, 0.3) is 5.65 Å². The van der Waals surface area contributed by atoms with Gasteiger partial charge in [0.25, 0.3) is 5.91 Å². The number of carbonyl (C=O) groups is 2. The molecule has 0 aromatic carbocycles. The third-order valence-electron chi connectivity index (χ3n) is 4.72. The van der Waals surface area contributed by atoms with E-state index in [1.807, 2.05) is 19.9 Å². The minimum Gasteiger partial charge on any atom is -0.342 e. The van der Waals surface area contributed by atoms with E-state index in [-0.39, 0.29) is 11.6 Å². The topological polar surface area (TPSA) is 57.9 Å². The number of halogens is 1. The molecule has 3 rings (SSSR count). The lowest BCUT2D eigenvalue weighted by molar-refractivity contribution is -0.138. The molecule has 25 heavy (non-hydrogen) atoms. The van der Waals surface area contributed by atoms with E-state index in [2.05, 4.69) is 4.98 Å². The van der Waals surface area contributed by atoms with Crippen molar-refractivity contribution in [1.82, 2.24) is 19.2 Å². The second-order valence-corrected chi connectivity index (χ2v) is 6.60. The number of nitrogens with zero attached hydrogens (tertiary/aromatic N) is 4. The van der Waals surface area contributed by atoms with Crippen LogP contribution in [0.15, 0.2) is 18.3 Å². The average Bonchev–Trinajstić information content (AvgIpc) is 2.92. The zero-order valence-corrected chi connectivity index (χ0v) is 14.8. The van der Waals surface area contributed by atoms with Crippen LogP contribution in [0.2, 0.25) is 0 Å². The van der Waals surface area contributed by atoms with Crippen molar-refractivity contribution >= 4 is 17.5 Å². The van der Waals surface area contributed by atoms with Gasteiger partial charge in [0.2, 0.25) is 11.9 Å². The molecule has 134 valence electrons. The number of likely N-dealkylation sites (N-methyl/N-ethyl adjacent to an activating group) is 1. The minimum atomic E-state index is -0.677. The lowest BCUT2D eigenvalue weighted by atomic mass is 10.0. The van der Waals surface area contributed by atoms with E-state index in [4.69, 9.17) is 0 Å². The molecule has 1 aliphatic rings. The number of piperazine rings is 1. The Balaban J connectivity index is 1.95. The Morgan fingerprint density at radius 1 is 1.36 bits per heavy atom. The van der Waals surface area contributed by atoms with Gasteiger partial charge in [-0.2, -0.15) is 4.39 Å². The van der Waals surface area contributed by atoms with Crippen LogP contribution in [0.5, 0.6) is 0 Å². The van der Waals surface area contributed by atoms with Crippen LogP contribution >= 0.6 is 0 Å². The van der Waals surface area contributed by atoms with Gasteiger partial charge in [-0.05, 0) is 25.0 Å². The van der Waals surface area contributed by atoms with Crippen LogP contribution in [-0.2, 0) is 4.79 Å². The zero-order chi connectivity index (χ0) is 18.1. The first-order valence-corrected chi connectivity index (χ1v) is 8.64. The number of aryl methyl sites for hydroxylation is 1. The van der Waals surface area contributed by atoms with Gasteiger partial charge in [-0.3, -0.25) is 14.0 Å². The summed E-state index contributed by atoms with van der Waals surface area (Å²) >= 11 is 0. The van der Waals surface area contributed by atoms with E-state index >= 15 is 0 Å². The normalized spacial score (nSPS) is 18.2. The highest BCUT2D eigenvalue weighted by molar-refractivity contribution is 5.97. The third kappa shape index (κ3) is 3.10. The molecule has 1 unspecified atom stereocenters. The summed E-state index contributed by atoms with van der Waals surface area (Å²) in [5, 5.41) is 0. The molecular weight excluding hydrogens is 323 g/mol. The van der Waals surface area contributed by atoms with Gasteiger partial charge in [-0.25, -0.2) is 4.98 Å². The number of hydrogen-bond acceptors (Lipinski definition) is 3. The number of hydrogen-bond donors (Lipinski definition) is 0. The monoisotopic (exact) mass is 346 g/mol. The van der Waals surface area contributed by atoms with Crippen molar-refractivity contribution in [2.75, 3.05) is 20.1 Å². The molecule has 1 aliphatic heterocycles. The molecular formula is C18H23FN4O2. The van der Waals surface area contributed by atoms with Crippen LogP contribution in [0.1, 0.15) is 42.2 Å². The van der Waals surface area contributed by atoms with E-state index in [1.165, 1.54) is 9.30 Å². The summed E-state index contributed by atoms with van der Waals surface area (Å²) in [6.45, 7) is 4.72. The van der Waals surface area contributed by atoms with Gasteiger partial charge < -0.3 is 9.80 Å². The van der Waals surface area contributed by atoms with Crippen molar-refractivity contribution in [1.29, 1.82) is 0 Å². The van der Waals surface area contributed by atoms with E-state index in [1.54, 1.807) is 24.2 Å². The van der Waals surface area contributed by atoms with Crippen LogP contribution in [-0.4, -0.2) is 57.2 Å². The van der Waals surface area contributed by atoms with Crippen molar-refractivity contribution in [2.45, 2.75) is 39.2 Å². The Hall–Kier alpha value is -2.44. The highest BCUT2D eigenvalue weighted by atomic mass is 19.1. The molecule has 0 N–H and O–H groups in total. The van der Waals surface area contributed by atoms with Crippen LogP contribution in [0, 0.1) is 12.9 Å². The Kier molecular flexibility index (Phi) is 4.74. The quantitative estimate of drug-likeness (QED) is 0.853. The molecule has 0 radical (unpaired) electrons. The zero-order valence-electron chi connectivity index (χ0n) is 14.8. The fraction of sp³-hybridized carbons (Fsp3) is 0.500. The maximum absolute atomic E-state index is 14.7. The van der Waals surface area contributed by atoms with Gasteiger partial charge in [0.15, 0.2) is 5.69 Å². The Morgan fingerprint density at radius 3 is 2.84 bits per heavy atom. The third-order valence-corrected chi connectivity index (χ3v) is 4.72. The van der Waals surface area contributed by atoms with Gasteiger partial charge in [0.1, 0.15) is 11.7 Å². The summed E-state index contributed by atoms with van der Waals surface area (Å²) in [7, 11) is 1.73. The summed E-state index contributed by atoms with van der Waals surface area (Å²) < 4.78 is 16.0. The molecule has 1 atom stereocenters. The maximum Gasteiger partial charge on any atom is 0.278 e. The molecule has 0 bridgehead atoms. The fourth-order valence-electron chi connectivity index (χ4n) is 3.23. The first-order valence-electron chi connectivity index (χ1n) is 8.64. The number of unbranched alkanes of at least 4 members (excludes halogenated alkanes) is 1. The molecule has 3 heterocycles. The average molecular weight is 346 g/mol. The molecule has 0 aliphatic carbocycles. The molecule has 1 fully saturated rings. The smallest absolute Gasteiger partial charge is 0.278 e. The molecule has 2 aromatic rings. The summed E-state index contributed by atoms with van der Waals surface area (Å²) in [5.41, 5.74) is 1.04. The highest BCUT2D eigenvalue weighted by Crippen LogP contribution is 2.21. The first kappa shape index (κ1) is 17.4. The first-order chi connectivity index (χ1) is 11.9. The molecule has 7 heteroatoms. The summed E-state index contributed by atoms with van der Waals surface area (Å²) in [5.74, 6) is -1.28. The van der Waals surface area contributed by atoms with E-state index in [9.17, 15) is 14.0 Å². The van der Waals surface area contributed by atoms with Crippen LogP contribution in [0.4, 0.5) is 4.39 Å². The molecule has 0 saturated carbocycles. The van der Waals surface area contributed by atoms with Crippen molar-refractivity contribution in [3.63, 3.8) is 0 Å². The van der Waals surface area contributed by atoms with Gasteiger partial charge in [0, 0.05) is 26.3 Å². The maximum atomic E-state index is 14.7. The predicted octanol–water partition coefficient (Wildman–Crippen LogP) is 2.25. The number of amides is 2. The van der Waals surface area contributed by atoms with Gasteiger partial charge in [0.05, 0.1) is 0 Å². The second kappa shape index (κ2) is 6.82. The standard InChI is InChI=1S/C18H23FN4O2/c1-4-5-6-13-17(24)21(3)9-10-22(13)18(25)15-16(19)23-11-12(2)7-8-14(23)20-15/h7-8,11,13H,4-6,9-10H2,1-3H3. The number of rotatable bonds is 4. The van der Waals surface area contributed by atoms with Crippen molar-refractivity contribution in [2.24, 2.45) is 0 Å². The van der Waals surface area contributed by atoms with E-state index in [0.717, 1.165) is 18.4 Å². The molecule has 2 amide bonds. The van der Waals surface area contributed by atoms with Gasteiger partial charge in [-0.1, -0.05) is 25.8 Å². The van der Waals surface area contributed by atoms with Gasteiger partial charge in [-0.15, -0.1) is 0 Å². The largest absolute Gasteiger partial charge is 0.342 e. The Bertz CT molecular complexity index is 817. The number of carbonyl (C=O) groups excluding carboxylic acids is 2. The number of fused-ring (bicyclic) bond motifs is 1. The number of imidazole rings is 1. The van der Waals surface area contributed by atoms with Crippen molar-refractivity contribution in [3.05, 3.63) is 35.5 Å². The molecule has 2 aromatic heterocycles. The minimum absolute atomic E-state index is 0.0898. The number of pyridine rings is 1. The van der Waals surface area contributed by atoms with Crippen LogP contribution in [0.3, 0.4) is 0 Å². The van der Waals surface area contributed by atoms with Gasteiger partial charge >= 0.3 is 0 Å². The molecule has 0 spiro atoms. The number of aromatic nitrogens is 2. The highest BCUT2D eigenvalue weighted by Gasteiger charge is 2.37. The second-order valence-electron chi connectivity index (χ2n) is 6.60. The molecule has 6 nitrogen and oxygen atoms in total. The van der Waals surface area contributed by atoms with Crippen molar-refractivity contribution < 1.29 is 14.0 Å². The predicted molar refractivity (Wildman–Crippen MR) is 91.9 cm³/mol. The van der Waals surface area contributed by atoms with Crippen LogP contribution < -0.4 is 0 Å². The van der Waals surface area contributed by atoms with E-state index < -0.39 is 17.9 Å². The van der Waals surface area contributed by atoms with E-state index in [0.29, 0.717) is 25.2 Å². The Labute approximate surface area is 146 Å². The van der Waals surface area contributed by atoms with Crippen molar-refractivity contribution in [3.8, 4) is 0 Å². The molecule has 1 saturated heterocycles.